The number of H-pyrrole nitrogens is 1. The van der Waals surface area contributed by atoms with Crippen LogP contribution in [0.1, 0.15) is 53.3 Å². The monoisotopic (exact) mass is 459 g/mol. The van der Waals surface area contributed by atoms with Gasteiger partial charge in [-0.1, -0.05) is 6.92 Å². The van der Waals surface area contributed by atoms with Crippen LogP contribution in [0.3, 0.4) is 0 Å². The second-order valence-electron chi connectivity index (χ2n) is 7.74. The SMILES string of the molecule is CCC(OC(=O)CCCN1CCOCC1)c1csc(C(=O)c2c[nH]c3cc(F)ccc23)n1. The topological polar surface area (TPSA) is 84.5 Å². The lowest BCUT2D eigenvalue weighted by Crippen LogP contribution is -2.37. The largest absolute Gasteiger partial charge is 0.456 e. The van der Waals surface area contributed by atoms with Crippen molar-refractivity contribution < 1.29 is 23.5 Å². The molecule has 0 aliphatic carbocycles. The fourth-order valence-corrected chi connectivity index (χ4v) is 4.59. The molecule has 0 bridgehead atoms. The van der Waals surface area contributed by atoms with Crippen molar-refractivity contribution in [3.05, 3.63) is 51.9 Å². The zero-order valence-corrected chi connectivity index (χ0v) is 18.8. The van der Waals surface area contributed by atoms with Gasteiger partial charge < -0.3 is 14.5 Å². The van der Waals surface area contributed by atoms with Crippen LogP contribution >= 0.6 is 11.3 Å². The van der Waals surface area contributed by atoms with Crippen LogP contribution < -0.4 is 0 Å². The number of aromatic amines is 1. The summed E-state index contributed by atoms with van der Waals surface area (Å²) in [5, 5.41) is 2.72. The minimum absolute atomic E-state index is 0.245. The van der Waals surface area contributed by atoms with E-state index in [0.29, 0.717) is 40.0 Å². The molecular formula is C23H26FN3O4S. The molecule has 0 saturated carbocycles. The average Bonchev–Trinajstić information content (AvgIpc) is 3.45. The first-order chi connectivity index (χ1) is 15.5. The number of carbonyl (C=O) groups is 2. The molecule has 32 heavy (non-hydrogen) atoms. The Bertz CT molecular complexity index is 1090. The van der Waals surface area contributed by atoms with Crippen LogP contribution in [0.2, 0.25) is 0 Å². The molecule has 1 N–H and O–H groups in total. The number of nitrogens with one attached hydrogen (secondary N) is 1. The van der Waals surface area contributed by atoms with Gasteiger partial charge in [-0.15, -0.1) is 11.3 Å². The maximum atomic E-state index is 13.4. The predicted octanol–water partition coefficient (Wildman–Crippen LogP) is 4.10. The van der Waals surface area contributed by atoms with Crippen molar-refractivity contribution in [1.82, 2.24) is 14.9 Å². The molecule has 7 nitrogen and oxygen atoms in total. The van der Waals surface area contributed by atoms with Crippen molar-refractivity contribution in [2.75, 3.05) is 32.8 Å². The van der Waals surface area contributed by atoms with E-state index < -0.39 is 6.10 Å². The maximum absolute atomic E-state index is 13.4. The number of carbonyl (C=O) groups excluding carboxylic acids is 2. The van der Waals surface area contributed by atoms with Crippen molar-refractivity contribution in [3.63, 3.8) is 0 Å². The third kappa shape index (κ3) is 5.23. The van der Waals surface area contributed by atoms with Gasteiger partial charge in [0, 0.05) is 42.0 Å². The fourth-order valence-electron chi connectivity index (χ4n) is 3.78. The third-order valence-electron chi connectivity index (χ3n) is 5.54. The number of benzene rings is 1. The van der Waals surface area contributed by atoms with Crippen LogP contribution in [-0.4, -0.2) is 59.5 Å². The lowest BCUT2D eigenvalue weighted by atomic mass is 10.1. The zero-order valence-electron chi connectivity index (χ0n) is 17.9. The first kappa shape index (κ1) is 22.6. The molecule has 3 aromatic rings. The zero-order chi connectivity index (χ0) is 22.5. The molecule has 1 saturated heterocycles. The summed E-state index contributed by atoms with van der Waals surface area (Å²) in [6.07, 6.45) is 2.73. The standard InChI is InChI=1S/C23H26FN3O4S/c1-2-20(31-21(28)4-3-7-27-8-10-30-11-9-27)19-14-32-23(26-19)22(29)17-13-25-18-12-15(24)5-6-16(17)18/h5-6,12-14,20,25H,2-4,7-11H2,1H3. The summed E-state index contributed by atoms with van der Waals surface area (Å²) in [6, 6.07) is 4.26. The van der Waals surface area contributed by atoms with Gasteiger partial charge in [-0.05, 0) is 37.6 Å². The minimum atomic E-state index is -0.485. The number of fused-ring (bicyclic) bond motifs is 1. The summed E-state index contributed by atoms with van der Waals surface area (Å²) < 4.78 is 24.4. The molecular weight excluding hydrogens is 433 g/mol. The fraction of sp³-hybridized carbons (Fsp3) is 0.435. The number of hydrogen-bond donors (Lipinski definition) is 1. The second-order valence-corrected chi connectivity index (χ2v) is 8.60. The molecule has 9 heteroatoms. The van der Waals surface area contributed by atoms with E-state index >= 15 is 0 Å². The first-order valence-corrected chi connectivity index (χ1v) is 11.7. The summed E-state index contributed by atoms with van der Waals surface area (Å²) in [7, 11) is 0. The maximum Gasteiger partial charge on any atom is 0.306 e. The Kier molecular flexibility index (Phi) is 7.29. The number of rotatable bonds is 9. The van der Waals surface area contributed by atoms with E-state index in [1.54, 1.807) is 17.6 Å². The average molecular weight is 460 g/mol. The Labute approximate surface area is 189 Å². The number of halogens is 1. The van der Waals surface area contributed by atoms with Crippen LogP contribution in [0.4, 0.5) is 4.39 Å². The Balaban J connectivity index is 1.36. The molecule has 1 unspecified atom stereocenters. The summed E-state index contributed by atoms with van der Waals surface area (Å²) in [5.74, 6) is -0.872. The van der Waals surface area contributed by atoms with E-state index in [1.807, 2.05) is 6.92 Å². The predicted molar refractivity (Wildman–Crippen MR) is 119 cm³/mol. The lowest BCUT2D eigenvalue weighted by molar-refractivity contribution is -0.150. The van der Waals surface area contributed by atoms with Gasteiger partial charge >= 0.3 is 5.97 Å². The van der Waals surface area contributed by atoms with Gasteiger partial charge in [0.1, 0.15) is 11.9 Å². The van der Waals surface area contributed by atoms with Crippen molar-refractivity contribution in [2.24, 2.45) is 0 Å². The molecule has 1 aromatic carbocycles. The van der Waals surface area contributed by atoms with Gasteiger partial charge in [0.15, 0.2) is 5.01 Å². The molecule has 0 radical (unpaired) electrons. The van der Waals surface area contributed by atoms with Crippen molar-refractivity contribution in [3.8, 4) is 0 Å². The van der Waals surface area contributed by atoms with Crippen LogP contribution in [0.25, 0.3) is 10.9 Å². The number of hydrogen-bond acceptors (Lipinski definition) is 7. The number of nitrogens with zero attached hydrogens (tertiary/aromatic N) is 2. The molecule has 0 spiro atoms. The molecule has 1 atom stereocenters. The summed E-state index contributed by atoms with van der Waals surface area (Å²) in [5.41, 5.74) is 1.57. The Morgan fingerprint density at radius 1 is 1.34 bits per heavy atom. The van der Waals surface area contributed by atoms with Gasteiger partial charge in [0.25, 0.3) is 0 Å². The minimum Gasteiger partial charge on any atom is -0.456 e. The summed E-state index contributed by atoms with van der Waals surface area (Å²) in [4.78, 5) is 35.0. The van der Waals surface area contributed by atoms with E-state index in [0.717, 1.165) is 39.3 Å². The molecule has 3 heterocycles. The van der Waals surface area contributed by atoms with Crippen LogP contribution in [0.15, 0.2) is 29.8 Å². The molecule has 170 valence electrons. The molecule has 1 aliphatic heterocycles. The highest BCUT2D eigenvalue weighted by molar-refractivity contribution is 7.12. The number of morpholine rings is 1. The van der Waals surface area contributed by atoms with Gasteiger partial charge in [-0.25, -0.2) is 9.37 Å². The highest BCUT2D eigenvalue weighted by Gasteiger charge is 2.23. The van der Waals surface area contributed by atoms with Crippen molar-refractivity contribution in [2.45, 2.75) is 32.3 Å². The van der Waals surface area contributed by atoms with E-state index in [4.69, 9.17) is 9.47 Å². The lowest BCUT2D eigenvalue weighted by Gasteiger charge is -2.26. The number of ketones is 1. The highest BCUT2D eigenvalue weighted by atomic mass is 32.1. The van der Waals surface area contributed by atoms with E-state index in [-0.39, 0.29) is 17.6 Å². The van der Waals surface area contributed by atoms with E-state index in [9.17, 15) is 14.0 Å². The Hall–Kier alpha value is -2.62. The molecule has 1 fully saturated rings. The normalized spacial score (nSPS) is 15.7. The number of ether oxygens (including phenoxy) is 2. The van der Waals surface area contributed by atoms with Crippen LogP contribution in [-0.2, 0) is 14.3 Å². The number of esters is 1. The van der Waals surface area contributed by atoms with Gasteiger partial charge in [-0.3, -0.25) is 14.5 Å². The highest BCUT2D eigenvalue weighted by Crippen LogP contribution is 2.27. The smallest absolute Gasteiger partial charge is 0.306 e. The molecule has 4 rings (SSSR count). The molecule has 2 aromatic heterocycles. The van der Waals surface area contributed by atoms with Crippen LogP contribution in [0.5, 0.6) is 0 Å². The van der Waals surface area contributed by atoms with Crippen LogP contribution in [0, 0.1) is 5.82 Å². The Morgan fingerprint density at radius 3 is 2.94 bits per heavy atom. The van der Waals surface area contributed by atoms with Crippen molar-refractivity contribution >= 4 is 34.0 Å². The summed E-state index contributed by atoms with van der Waals surface area (Å²) in [6.45, 7) is 6.03. The van der Waals surface area contributed by atoms with Gasteiger partial charge in [0.2, 0.25) is 5.78 Å². The molecule has 1 aliphatic rings. The van der Waals surface area contributed by atoms with E-state index in [1.165, 1.54) is 23.5 Å². The first-order valence-electron chi connectivity index (χ1n) is 10.8. The summed E-state index contributed by atoms with van der Waals surface area (Å²) >= 11 is 1.22. The second kappa shape index (κ2) is 10.3. The van der Waals surface area contributed by atoms with Gasteiger partial charge in [0.05, 0.1) is 24.5 Å². The van der Waals surface area contributed by atoms with Gasteiger partial charge in [-0.2, -0.15) is 0 Å². The number of aromatic nitrogens is 2. The molecule has 0 amide bonds. The van der Waals surface area contributed by atoms with Crippen molar-refractivity contribution in [1.29, 1.82) is 0 Å². The quantitative estimate of drug-likeness (QED) is 0.383. The van der Waals surface area contributed by atoms with E-state index in [2.05, 4.69) is 14.9 Å². The third-order valence-corrected chi connectivity index (χ3v) is 6.40. The number of thiazole rings is 1. The Morgan fingerprint density at radius 2 is 2.16 bits per heavy atom.